The van der Waals surface area contributed by atoms with Crippen molar-refractivity contribution >= 4 is 17.7 Å². The number of allylic oxidation sites excluding steroid dienone is 1. The summed E-state index contributed by atoms with van der Waals surface area (Å²) in [5, 5.41) is 2.21. The quantitative estimate of drug-likeness (QED) is 0.508. The molecule has 0 aromatic heterocycles. The fourth-order valence-electron chi connectivity index (χ4n) is 1.54. The van der Waals surface area contributed by atoms with E-state index in [1.54, 1.807) is 19.9 Å². The third-order valence-electron chi connectivity index (χ3n) is 2.23. The van der Waals surface area contributed by atoms with E-state index in [0.717, 1.165) is 0 Å². The maximum atomic E-state index is 11.6. The molecule has 0 radical (unpaired) electrons. The van der Waals surface area contributed by atoms with Gasteiger partial charge in [0.2, 0.25) is 17.7 Å². The molecule has 0 aliphatic carbocycles. The van der Waals surface area contributed by atoms with Crippen LogP contribution >= 0.6 is 0 Å². The Hall–Kier alpha value is -1.65. The summed E-state index contributed by atoms with van der Waals surface area (Å²) < 4.78 is 0. The number of nitrogens with zero attached hydrogens (tertiary/aromatic N) is 1. The molecule has 1 aliphatic rings. The first-order valence-electron chi connectivity index (χ1n) is 4.87. The monoisotopic (exact) mass is 210 g/mol. The number of hydrogen-bond acceptors (Lipinski definition) is 3. The van der Waals surface area contributed by atoms with E-state index >= 15 is 0 Å². The zero-order valence-corrected chi connectivity index (χ0v) is 8.82. The van der Waals surface area contributed by atoms with Gasteiger partial charge in [-0.3, -0.25) is 19.7 Å². The number of imide groups is 1. The molecule has 0 aromatic rings. The average molecular weight is 210 g/mol. The molecule has 5 heteroatoms. The molecule has 1 atom stereocenters. The van der Waals surface area contributed by atoms with Gasteiger partial charge in [0.05, 0.1) is 0 Å². The highest BCUT2D eigenvalue weighted by molar-refractivity contribution is 6.05. The highest BCUT2D eigenvalue weighted by atomic mass is 16.2. The largest absolute Gasteiger partial charge is 0.318 e. The summed E-state index contributed by atoms with van der Waals surface area (Å²) in [5.74, 6) is -1.12. The van der Waals surface area contributed by atoms with Gasteiger partial charge in [-0.25, -0.2) is 0 Å². The van der Waals surface area contributed by atoms with Crippen molar-refractivity contribution in [2.24, 2.45) is 0 Å². The molecule has 1 N–H and O–H groups in total. The van der Waals surface area contributed by atoms with Crippen LogP contribution in [0.1, 0.15) is 20.3 Å². The van der Waals surface area contributed by atoms with E-state index in [1.165, 1.54) is 11.0 Å². The van der Waals surface area contributed by atoms with Gasteiger partial charge in [-0.1, -0.05) is 13.0 Å². The fourth-order valence-corrected chi connectivity index (χ4v) is 1.54. The van der Waals surface area contributed by atoms with Gasteiger partial charge in [-0.15, -0.1) is 0 Å². The van der Waals surface area contributed by atoms with Crippen LogP contribution in [0.25, 0.3) is 0 Å². The standard InChI is InChI=1S/C10H14N2O3/c1-3-5-9(14)12-6-8(13)11-10(15)7(12)4-2/h3,5,7H,4,6H2,1-2H3,(H,11,13,15)/b5-3+. The maximum Gasteiger partial charge on any atom is 0.249 e. The number of hydrogen-bond donors (Lipinski definition) is 1. The normalized spacial score (nSPS) is 22.0. The highest BCUT2D eigenvalue weighted by Gasteiger charge is 2.34. The molecule has 1 rings (SSSR count). The fraction of sp³-hybridized carbons (Fsp3) is 0.500. The molecule has 0 saturated carbocycles. The third kappa shape index (κ3) is 2.43. The van der Waals surface area contributed by atoms with Gasteiger partial charge in [0.1, 0.15) is 12.6 Å². The Bertz CT molecular complexity index is 323. The molecule has 1 unspecified atom stereocenters. The molecule has 1 heterocycles. The van der Waals surface area contributed by atoms with Gasteiger partial charge in [-0.05, 0) is 19.4 Å². The van der Waals surface area contributed by atoms with E-state index in [9.17, 15) is 14.4 Å². The number of piperazine rings is 1. The van der Waals surface area contributed by atoms with Crippen LogP contribution in [0.5, 0.6) is 0 Å². The molecule has 1 aliphatic heterocycles. The highest BCUT2D eigenvalue weighted by Crippen LogP contribution is 2.09. The van der Waals surface area contributed by atoms with Gasteiger partial charge >= 0.3 is 0 Å². The van der Waals surface area contributed by atoms with Crippen LogP contribution in [0.3, 0.4) is 0 Å². The summed E-state index contributed by atoms with van der Waals surface area (Å²) in [7, 11) is 0. The zero-order valence-electron chi connectivity index (χ0n) is 8.82. The van der Waals surface area contributed by atoms with E-state index in [4.69, 9.17) is 0 Å². The van der Waals surface area contributed by atoms with Crippen molar-refractivity contribution in [2.45, 2.75) is 26.3 Å². The lowest BCUT2D eigenvalue weighted by Gasteiger charge is -2.32. The van der Waals surface area contributed by atoms with Crippen LogP contribution in [0.4, 0.5) is 0 Å². The second-order valence-electron chi connectivity index (χ2n) is 3.30. The van der Waals surface area contributed by atoms with Crippen LogP contribution in [-0.2, 0) is 14.4 Å². The molecule has 82 valence electrons. The van der Waals surface area contributed by atoms with E-state index in [0.29, 0.717) is 6.42 Å². The third-order valence-corrected chi connectivity index (χ3v) is 2.23. The van der Waals surface area contributed by atoms with E-state index in [1.807, 2.05) is 0 Å². The Balaban J connectivity index is 2.87. The van der Waals surface area contributed by atoms with Crippen molar-refractivity contribution in [3.8, 4) is 0 Å². The minimum Gasteiger partial charge on any atom is -0.318 e. The Morgan fingerprint density at radius 1 is 1.60 bits per heavy atom. The number of carbonyl (C=O) groups excluding carboxylic acids is 3. The molecule has 3 amide bonds. The Labute approximate surface area is 88.1 Å². The minimum atomic E-state index is -0.536. The summed E-state index contributed by atoms with van der Waals surface area (Å²) in [6, 6.07) is -0.536. The molecule has 0 spiro atoms. The molecule has 1 saturated heterocycles. The lowest BCUT2D eigenvalue weighted by molar-refractivity contribution is -0.147. The molecule has 5 nitrogen and oxygen atoms in total. The van der Waals surface area contributed by atoms with Gasteiger partial charge < -0.3 is 4.90 Å². The summed E-state index contributed by atoms with van der Waals surface area (Å²) in [6.45, 7) is 3.47. The van der Waals surface area contributed by atoms with Gasteiger partial charge in [0.15, 0.2) is 0 Å². The predicted molar refractivity (Wildman–Crippen MR) is 53.8 cm³/mol. The lowest BCUT2D eigenvalue weighted by atomic mass is 10.1. The number of carbonyl (C=O) groups is 3. The topological polar surface area (TPSA) is 66.5 Å². The van der Waals surface area contributed by atoms with Crippen LogP contribution in [0.2, 0.25) is 0 Å². The van der Waals surface area contributed by atoms with E-state index < -0.39 is 17.9 Å². The maximum absolute atomic E-state index is 11.6. The summed E-state index contributed by atoms with van der Waals surface area (Å²) in [5.41, 5.74) is 0. The SMILES string of the molecule is C/C=C/C(=O)N1CC(=O)NC(=O)C1CC. The summed E-state index contributed by atoms with van der Waals surface area (Å²) in [4.78, 5) is 35.4. The first-order chi connectivity index (χ1) is 7.10. The smallest absolute Gasteiger partial charge is 0.249 e. The van der Waals surface area contributed by atoms with Crippen LogP contribution < -0.4 is 5.32 Å². The summed E-state index contributed by atoms with van der Waals surface area (Å²) in [6.07, 6.45) is 3.45. The number of rotatable bonds is 2. The number of nitrogens with one attached hydrogen (secondary N) is 1. The Morgan fingerprint density at radius 3 is 2.80 bits per heavy atom. The van der Waals surface area contributed by atoms with Crippen molar-refractivity contribution in [2.75, 3.05) is 6.54 Å². The first kappa shape index (κ1) is 11.4. The molecular weight excluding hydrogens is 196 g/mol. The van der Waals surface area contributed by atoms with E-state index in [2.05, 4.69) is 5.32 Å². The summed E-state index contributed by atoms with van der Waals surface area (Å²) >= 11 is 0. The van der Waals surface area contributed by atoms with Crippen molar-refractivity contribution in [3.05, 3.63) is 12.2 Å². The van der Waals surface area contributed by atoms with Gasteiger partial charge in [0, 0.05) is 0 Å². The Kier molecular flexibility index (Phi) is 3.60. The van der Waals surface area contributed by atoms with Crippen molar-refractivity contribution < 1.29 is 14.4 Å². The second kappa shape index (κ2) is 4.72. The molecular formula is C10H14N2O3. The van der Waals surface area contributed by atoms with E-state index in [-0.39, 0.29) is 12.5 Å². The zero-order chi connectivity index (χ0) is 11.4. The van der Waals surface area contributed by atoms with Crippen LogP contribution in [-0.4, -0.2) is 35.2 Å². The lowest BCUT2D eigenvalue weighted by Crippen LogP contribution is -2.59. The van der Waals surface area contributed by atoms with Crippen molar-refractivity contribution in [3.63, 3.8) is 0 Å². The number of amides is 3. The molecule has 15 heavy (non-hydrogen) atoms. The second-order valence-corrected chi connectivity index (χ2v) is 3.30. The van der Waals surface area contributed by atoms with Crippen LogP contribution in [0.15, 0.2) is 12.2 Å². The van der Waals surface area contributed by atoms with Crippen LogP contribution in [0, 0.1) is 0 Å². The molecule has 0 bridgehead atoms. The predicted octanol–water partition coefficient (Wildman–Crippen LogP) is -0.174. The molecule has 0 aromatic carbocycles. The van der Waals surface area contributed by atoms with Gasteiger partial charge in [-0.2, -0.15) is 0 Å². The Morgan fingerprint density at radius 2 is 2.27 bits per heavy atom. The van der Waals surface area contributed by atoms with Crippen molar-refractivity contribution in [1.29, 1.82) is 0 Å². The minimum absolute atomic E-state index is 0.0482. The van der Waals surface area contributed by atoms with Crippen molar-refractivity contribution in [1.82, 2.24) is 10.2 Å². The van der Waals surface area contributed by atoms with Gasteiger partial charge in [0.25, 0.3) is 0 Å². The molecule has 1 fully saturated rings. The average Bonchev–Trinajstić information content (AvgIpc) is 2.17. The first-order valence-corrected chi connectivity index (χ1v) is 4.87.